The molecule has 154 valence electrons. The number of carbonyl (C=O) groups is 1. The highest BCUT2D eigenvalue weighted by Crippen LogP contribution is 2.28. The van der Waals surface area contributed by atoms with Crippen molar-refractivity contribution in [3.63, 3.8) is 0 Å². The fourth-order valence-corrected chi connectivity index (χ4v) is 3.89. The summed E-state index contributed by atoms with van der Waals surface area (Å²) >= 11 is 0. The number of carbonyl (C=O) groups excluding carboxylic acids is 1. The normalized spacial score (nSPS) is 14.2. The van der Waals surface area contributed by atoms with Gasteiger partial charge in [-0.05, 0) is 24.1 Å². The van der Waals surface area contributed by atoms with Crippen molar-refractivity contribution in [1.82, 2.24) is 4.68 Å². The van der Waals surface area contributed by atoms with Crippen LogP contribution in [-0.2, 0) is 24.8 Å². The third-order valence-corrected chi connectivity index (χ3v) is 5.43. The molecule has 3 aromatic rings. The van der Waals surface area contributed by atoms with Crippen LogP contribution < -0.4 is 9.25 Å². The number of cyclic esters (lactones) is 1. The summed E-state index contributed by atoms with van der Waals surface area (Å²) in [5.74, 6) is -1.82. The second kappa shape index (κ2) is 7.48. The van der Waals surface area contributed by atoms with Gasteiger partial charge in [-0.2, -0.15) is 4.57 Å². The molecule has 0 fully saturated rings. The third kappa shape index (κ3) is 3.40. The Morgan fingerprint density at radius 3 is 2.70 bits per heavy atom. The molecule has 1 aliphatic heterocycles. The number of allylic oxidation sites excluding steroid dienone is 1. The monoisotopic (exact) mass is 411 g/mol. The molecule has 3 heterocycles. The van der Waals surface area contributed by atoms with Crippen molar-refractivity contribution < 1.29 is 27.6 Å². The highest BCUT2D eigenvalue weighted by Gasteiger charge is 2.30. The summed E-state index contributed by atoms with van der Waals surface area (Å²) < 4.78 is 39.8. The van der Waals surface area contributed by atoms with Crippen molar-refractivity contribution in [2.75, 3.05) is 6.61 Å². The number of benzene rings is 1. The molecular weight excluding hydrogens is 388 g/mol. The largest absolute Gasteiger partial charge is 0.461 e. The topological polar surface area (TPSA) is 39.0 Å². The Balaban J connectivity index is 1.96. The summed E-state index contributed by atoms with van der Waals surface area (Å²) in [5, 5.41) is 0. The van der Waals surface area contributed by atoms with Crippen LogP contribution in [0.25, 0.3) is 17.0 Å². The molecule has 0 spiro atoms. The fourth-order valence-electron chi connectivity index (χ4n) is 3.89. The van der Waals surface area contributed by atoms with Crippen LogP contribution in [0.5, 0.6) is 0 Å². The predicted octanol–water partition coefficient (Wildman–Crippen LogP) is 3.05. The fraction of sp³-hybridized carbons (Fsp3) is 0.261. The quantitative estimate of drug-likeness (QED) is 0.421. The highest BCUT2D eigenvalue weighted by molar-refractivity contribution is 5.88. The number of hydrogen-bond acceptors (Lipinski definition) is 2. The molecule has 1 aliphatic rings. The van der Waals surface area contributed by atoms with Gasteiger partial charge in [0.05, 0.1) is 12.2 Å². The molecule has 0 unspecified atom stereocenters. The first-order chi connectivity index (χ1) is 14.3. The van der Waals surface area contributed by atoms with Crippen LogP contribution in [0.4, 0.5) is 8.78 Å². The molecule has 0 saturated heterocycles. The van der Waals surface area contributed by atoms with Gasteiger partial charge in [-0.1, -0.05) is 6.58 Å². The molecule has 2 aromatic heterocycles. The maximum Gasteiger partial charge on any atom is 0.361 e. The van der Waals surface area contributed by atoms with Crippen molar-refractivity contribution in [3.05, 3.63) is 77.3 Å². The van der Waals surface area contributed by atoms with Crippen LogP contribution in [-0.4, -0.2) is 17.3 Å². The Morgan fingerprint density at radius 1 is 1.17 bits per heavy atom. The predicted molar refractivity (Wildman–Crippen MR) is 106 cm³/mol. The van der Waals surface area contributed by atoms with E-state index in [9.17, 15) is 13.6 Å². The van der Waals surface area contributed by atoms with E-state index in [0.29, 0.717) is 34.8 Å². The Bertz CT molecular complexity index is 1200. The van der Waals surface area contributed by atoms with Gasteiger partial charge >= 0.3 is 5.97 Å². The summed E-state index contributed by atoms with van der Waals surface area (Å²) in [6.45, 7) is 8.27. The zero-order valence-corrected chi connectivity index (χ0v) is 17.2. The summed E-state index contributed by atoms with van der Waals surface area (Å²) in [4.78, 5) is 12.7. The van der Waals surface area contributed by atoms with Gasteiger partial charge in [0.2, 0.25) is 11.4 Å². The molecule has 0 aliphatic carbocycles. The molecule has 30 heavy (non-hydrogen) atoms. The number of fused-ring (bicyclic) bond motifs is 4. The zero-order valence-electron chi connectivity index (χ0n) is 17.2. The van der Waals surface area contributed by atoms with Gasteiger partial charge in [0.1, 0.15) is 17.3 Å². The first-order valence-corrected chi connectivity index (χ1v) is 9.68. The maximum atomic E-state index is 15.0. The SMILES string of the molecule is C=C1C[n+]2ccc(C)cc2-c2c(F)cc(F)cc2CCOC(=O)c2cc(C)[n+](C)n21. The molecule has 0 N–H and O–H groups in total. The number of hydrogen-bond donors (Lipinski definition) is 0. The maximum absolute atomic E-state index is 15.0. The standard InChI is InChI=1S/C23H23F2N3O2/c1-14-5-7-27-13-16(3)28-21(10-15(2)26(28)4)23(29)30-8-6-17-11-18(24)12-19(25)22(17)20(27)9-14/h5,7,9-12H,3,6,8,13H2,1-2,4H3/q+2. The lowest BCUT2D eigenvalue weighted by Crippen LogP contribution is -2.46. The lowest BCUT2D eigenvalue weighted by molar-refractivity contribution is -0.752. The van der Waals surface area contributed by atoms with Gasteiger partial charge in [0, 0.05) is 37.6 Å². The summed E-state index contributed by atoms with van der Waals surface area (Å²) in [6.07, 6.45) is 2.04. The van der Waals surface area contributed by atoms with E-state index in [1.54, 1.807) is 10.7 Å². The second-order valence-electron chi connectivity index (χ2n) is 7.60. The first-order valence-electron chi connectivity index (χ1n) is 9.68. The number of pyridine rings is 1. The van der Waals surface area contributed by atoms with Crippen molar-refractivity contribution in [1.29, 1.82) is 0 Å². The molecule has 7 heteroatoms. The van der Waals surface area contributed by atoms with E-state index in [-0.39, 0.29) is 13.0 Å². The smallest absolute Gasteiger partial charge is 0.361 e. The van der Waals surface area contributed by atoms with Crippen molar-refractivity contribution >= 4 is 11.7 Å². The van der Waals surface area contributed by atoms with Crippen molar-refractivity contribution in [2.24, 2.45) is 7.05 Å². The number of nitrogens with zero attached hydrogens (tertiary/aromatic N) is 3. The lowest BCUT2D eigenvalue weighted by Gasteiger charge is -2.14. The number of aryl methyl sites for hydroxylation is 2. The Hall–Kier alpha value is -3.35. The number of halogens is 2. The van der Waals surface area contributed by atoms with Gasteiger partial charge in [0.25, 0.3) is 0 Å². The van der Waals surface area contributed by atoms with Crippen LogP contribution >= 0.6 is 0 Å². The van der Waals surface area contributed by atoms with Gasteiger partial charge in [-0.15, -0.1) is 9.36 Å². The number of esters is 1. The van der Waals surface area contributed by atoms with Gasteiger partial charge in [-0.3, -0.25) is 0 Å². The van der Waals surface area contributed by atoms with E-state index in [1.807, 2.05) is 48.5 Å². The molecule has 0 atom stereocenters. The van der Waals surface area contributed by atoms with E-state index < -0.39 is 17.6 Å². The summed E-state index contributed by atoms with van der Waals surface area (Å²) in [7, 11) is 1.83. The minimum Gasteiger partial charge on any atom is -0.461 e. The Labute approximate surface area is 173 Å². The minimum atomic E-state index is -0.662. The molecule has 0 amide bonds. The highest BCUT2D eigenvalue weighted by atomic mass is 19.1. The van der Waals surface area contributed by atoms with E-state index in [4.69, 9.17) is 4.74 Å². The van der Waals surface area contributed by atoms with Crippen molar-refractivity contribution in [2.45, 2.75) is 26.8 Å². The van der Waals surface area contributed by atoms with Gasteiger partial charge in [-0.25, -0.2) is 13.6 Å². The van der Waals surface area contributed by atoms with E-state index in [1.165, 1.54) is 6.07 Å². The molecule has 0 bridgehead atoms. The van der Waals surface area contributed by atoms with Crippen LogP contribution in [0, 0.1) is 25.5 Å². The van der Waals surface area contributed by atoms with E-state index >= 15 is 0 Å². The number of rotatable bonds is 0. The molecule has 4 rings (SSSR count). The summed E-state index contributed by atoms with van der Waals surface area (Å²) in [5.41, 5.74) is 4.15. The minimum absolute atomic E-state index is 0.000953. The molecule has 0 radical (unpaired) electrons. The molecule has 0 saturated carbocycles. The first kappa shape index (κ1) is 19.9. The van der Waals surface area contributed by atoms with Gasteiger partial charge in [0.15, 0.2) is 25.5 Å². The van der Waals surface area contributed by atoms with Crippen LogP contribution in [0.2, 0.25) is 0 Å². The second-order valence-corrected chi connectivity index (χ2v) is 7.60. The number of aromatic nitrogens is 3. The van der Waals surface area contributed by atoms with E-state index in [2.05, 4.69) is 6.58 Å². The Kier molecular flexibility index (Phi) is 4.97. The van der Waals surface area contributed by atoms with Crippen LogP contribution in [0.15, 0.2) is 43.1 Å². The molecular formula is C23H23F2N3O2+2. The summed E-state index contributed by atoms with van der Waals surface area (Å²) in [6, 6.07) is 7.71. The molecule has 1 aromatic carbocycles. The average Bonchev–Trinajstić information content (AvgIpc) is 2.97. The van der Waals surface area contributed by atoms with Crippen LogP contribution in [0.3, 0.4) is 0 Å². The molecule has 5 nitrogen and oxygen atoms in total. The average molecular weight is 411 g/mol. The van der Waals surface area contributed by atoms with Crippen LogP contribution in [0.1, 0.15) is 27.3 Å². The van der Waals surface area contributed by atoms with Gasteiger partial charge < -0.3 is 4.74 Å². The third-order valence-electron chi connectivity index (χ3n) is 5.43. The van der Waals surface area contributed by atoms with E-state index in [0.717, 1.165) is 17.3 Å². The lowest BCUT2D eigenvalue weighted by atomic mass is 9.99. The number of ether oxygens (including phenoxy) is 1. The van der Waals surface area contributed by atoms with Crippen molar-refractivity contribution in [3.8, 4) is 11.3 Å². The Morgan fingerprint density at radius 2 is 1.93 bits per heavy atom. The zero-order chi connectivity index (χ0) is 21.6.